The molecule has 1 rings (SSSR count). The molecule has 1 atom stereocenters. The van der Waals surface area contributed by atoms with Crippen molar-refractivity contribution in [3.63, 3.8) is 0 Å². The first-order chi connectivity index (χ1) is 8.55. The zero-order chi connectivity index (χ0) is 13.6. The van der Waals surface area contributed by atoms with E-state index in [9.17, 15) is 9.59 Å². The van der Waals surface area contributed by atoms with Gasteiger partial charge in [-0.2, -0.15) is 0 Å². The molecule has 0 aromatic carbocycles. The first-order valence-electron chi connectivity index (χ1n) is 6.64. The van der Waals surface area contributed by atoms with Crippen molar-refractivity contribution in [2.75, 3.05) is 19.7 Å². The van der Waals surface area contributed by atoms with Gasteiger partial charge in [0.2, 0.25) is 0 Å². The van der Waals surface area contributed by atoms with Crippen LogP contribution in [0.25, 0.3) is 0 Å². The quantitative estimate of drug-likeness (QED) is 0.751. The number of hydrogen-bond donors (Lipinski definition) is 1. The topological polar surface area (TPSA) is 64.6 Å². The maximum atomic E-state index is 12.2. The summed E-state index contributed by atoms with van der Waals surface area (Å²) >= 11 is 0. The third-order valence-corrected chi connectivity index (χ3v) is 3.57. The van der Waals surface area contributed by atoms with E-state index in [1.807, 2.05) is 6.92 Å². The molecule has 1 aliphatic heterocycles. The summed E-state index contributed by atoms with van der Waals surface area (Å²) in [7, 11) is 0. The minimum atomic E-state index is -0.823. The van der Waals surface area contributed by atoms with E-state index in [1.54, 1.807) is 13.8 Å². The molecule has 0 amide bonds. The number of ether oxygens (including phenoxy) is 2. The van der Waals surface area contributed by atoms with Crippen molar-refractivity contribution < 1.29 is 19.1 Å². The highest BCUT2D eigenvalue weighted by molar-refractivity contribution is 5.82. The molecule has 0 aromatic rings. The molecule has 0 radical (unpaired) electrons. The highest BCUT2D eigenvalue weighted by atomic mass is 16.6. The molecule has 18 heavy (non-hydrogen) atoms. The van der Waals surface area contributed by atoms with Crippen molar-refractivity contribution in [3.8, 4) is 0 Å². The number of hydrogen-bond acceptors (Lipinski definition) is 5. The molecular formula is C13H23NO4. The van der Waals surface area contributed by atoms with Crippen molar-refractivity contribution >= 4 is 11.9 Å². The van der Waals surface area contributed by atoms with Gasteiger partial charge in [0, 0.05) is 0 Å². The van der Waals surface area contributed by atoms with Crippen molar-refractivity contribution in [1.29, 1.82) is 0 Å². The molecule has 5 nitrogen and oxygen atoms in total. The molecule has 0 spiro atoms. The second-order valence-corrected chi connectivity index (χ2v) is 4.68. The summed E-state index contributed by atoms with van der Waals surface area (Å²) < 4.78 is 10.1. The number of esters is 2. The van der Waals surface area contributed by atoms with Crippen LogP contribution in [0.15, 0.2) is 0 Å². The fraction of sp³-hybridized carbons (Fsp3) is 0.846. The average Bonchev–Trinajstić information content (AvgIpc) is 2.39. The average molecular weight is 257 g/mol. The standard InChI is InChI=1S/C13H23NO4/c1-4-13(6-8-14-9-7-13)12(16)18-10(3)11(15)17-5-2/h10,14H,4-9H2,1-3H3. The third kappa shape index (κ3) is 3.45. The minimum Gasteiger partial charge on any atom is -0.463 e. The third-order valence-electron chi connectivity index (χ3n) is 3.57. The lowest BCUT2D eigenvalue weighted by Crippen LogP contribution is -2.44. The number of carbonyl (C=O) groups is 2. The van der Waals surface area contributed by atoms with Crippen LogP contribution in [0.2, 0.25) is 0 Å². The summed E-state index contributed by atoms with van der Waals surface area (Å²) in [5.41, 5.74) is -0.438. The van der Waals surface area contributed by atoms with Crippen molar-refractivity contribution in [2.24, 2.45) is 5.41 Å². The van der Waals surface area contributed by atoms with Gasteiger partial charge in [0.1, 0.15) is 0 Å². The summed E-state index contributed by atoms with van der Waals surface area (Å²) in [5.74, 6) is -0.752. The first-order valence-corrected chi connectivity index (χ1v) is 6.64. The van der Waals surface area contributed by atoms with E-state index in [4.69, 9.17) is 9.47 Å². The SMILES string of the molecule is CCOC(=O)C(C)OC(=O)C1(CC)CCNCC1. The number of rotatable bonds is 5. The van der Waals surface area contributed by atoms with Gasteiger partial charge in [0.25, 0.3) is 0 Å². The Morgan fingerprint density at radius 2 is 1.89 bits per heavy atom. The zero-order valence-corrected chi connectivity index (χ0v) is 11.5. The monoisotopic (exact) mass is 257 g/mol. The summed E-state index contributed by atoms with van der Waals surface area (Å²) in [6, 6.07) is 0. The number of piperidine rings is 1. The Kier molecular flexibility index (Phi) is 5.59. The lowest BCUT2D eigenvalue weighted by atomic mass is 9.77. The molecule has 1 saturated heterocycles. The highest BCUT2D eigenvalue weighted by Gasteiger charge is 2.40. The van der Waals surface area contributed by atoms with Gasteiger partial charge in [-0.1, -0.05) is 6.92 Å². The van der Waals surface area contributed by atoms with E-state index in [2.05, 4.69) is 5.32 Å². The smallest absolute Gasteiger partial charge is 0.347 e. The van der Waals surface area contributed by atoms with Gasteiger partial charge in [0.05, 0.1) is 12.0 Å². The van der Waals surface area contributed by atoms with E-state index in [0.717, 1.165) is 32.4 Å². The van der Waals surface area contributed by atoms with Gasteiger partial charge >= 0.3 is 11.9 Å². The highest BCUT2D eigenvalue weighted by Crippen LogP contribution is 2.34. The molecule has 0 aromatic heterocycles. The number of nitrogens with one attached hydrogen (secondary N) is 1. The number of carbonyl (C=O) groups excluding carboxylic acids is 2. The van der Waals surface area contributed by atoms with Crippen LogP contribution in [-0.2, 0) is 19.1 Å². The second-order valence-electron chi connectivity index (χ2n) is 4.68. The van der Waals surface area contributed by atoms with E-state index in [-0.39, 0.29) is 5.97 Å². The molecule has 1 heterocycles. The molecule has 0 aliphatic carbocycles. The lowest BCUT2D eigenvalue weighted by Gasteiger charge is -2.34. The summed E-state index contributed by atoms with van der Waals surface area (Å²) in [4.78, 5) is 23.7. The molecule has 1 fully saturated rings. The molecular weight excluding hydrogens is 234 g/mol. The van der Waals surface area contributed by atoms with Crippen LogP contribution < -0.4 is 5.32 Å². The molecule has 104 valence electrons. The van der Waals surface area contributed by atoms with Gasteiger partial charge in [-0.25, -0.2) is 4.79 Å². The zero-order valence-electron chi connectivity index (χ0n) is 11.5. The fourth-order valence-electron chi connectivity index (χ4n) is 2.20. The second kappa shape index (κ2) is 6.73. The Hall–Kier alpha value is -1.10. The Labute approximate surface area is 108 Å². The van der Waals surface area contributed by atoms with Crippen molar-refractivity contribution in [1.82, 2.24) is 5.32 Å². The molecule has 1 N–H and O–H groups in total. The Morgan fingerprint density at radius 1 is 1.28 bits per heavy atom. The van der Waals surface area contributed by atoms with Gasteiger partial charge in [-0.05, 0) is 46.2 Å². The predicted molar refractivity (Wildman–Crippen MR) is 67.0 cm³/mol. The lowest BCUT2D eigenvalue weighted by molar-refractivity contribution is -0.174. The Morgan fingerprint density at radius 3 is 2.39 bits per heavy atom. The molecule has 0 bridgehead atoms. The van der Waals surface area contributed by atoms with E-state index >= 15 is 0 Å². The normalized spacial score (nSPS) is 19.9. The van der Waals surface area contributed by atoms with Gasteiger partial charge < -0.3 is 14.8 Å². The molecule has 5 heteroatoms. The van der Waals surface area contributed by atoms with E-state index in [1.165, 1.54) is 0 Å². The summed E-state index contributed by atoms with van der Waals surface area (Å²) in [5, 5.41) is 3.23. The van der Waals surface area contributed by atoms with Crippen molar-refractivity contribution in [3.05, 3.63) is 0 Å². The van der Waals surface area contributed by atoms with Gasteiger partial charge in [0.15, 0.2) is 6.10 Å². The van der Waals surface area contributed by atoms with Crippen molar-refractivity contribution in [2.45, 2.75) is 46.1 Å². The fourth-order valence-corrected chi connectivity index (χ4v) is 2.20. The van der Waals surface area contributed by atoms with Crippen LogP contribution in [0, 0.1) is 5.41 Å². The van der Waals surface area contributed by atoms with Crippen LogP contribution in [0.5, 0.6) is 0 Å². The van der Waals surface area contributed by atoms with Crippen LogP contribution in [0.3, 0.4) is 0 Å². The molecule has 0 saturated carbocycles. The molecule has 1 aliphatic rings. The van der Waals surface area contributed by atoms with Crippen LogP contribution in [0.4, 0.5) is 0 Å². The van der Waals surface area contributed by atoms with Gasteiger partial charge in [-0.15, -0.1) is 0 Å². The first kappa shape index (κ1) is 15.0. The van der Waals surface area contributed by atoms with E-state index < -0.39 is 17.5 Å². The maximum absolute atomic E-state index is 12.2. The van der Waals surface area contributed by atoms with Crippen LogP contribution >= 0.6 is 0 Å². The van der Waals surface area contributed by atoms with Crippen LogP contribution in [-0.4, -0.2) is 37.7 Å². The summed E-state index contributed by atoms with van der Waals surface area (Å²) in [6.07, 6.45) is 1.44. The summed E-state index contributed by atoms with van der Waals surface area (Å²) in [6.45, 7) is 7.20. The predicted octanol–water partition coefficient (Wildman–Crippen LogP) is 1.26. The Bertz CT molecular complexity index is 297. The maximum Gasteiger partial charge on any atom is 0.347 e. The Balaban J connectivity index is 2.59. The minimum absolute atomic E-state index is 0.271. The van der Waals surface area contributed by atoms with Gasteiger partial charge in [-0.3, -0.25) is 4.79 Å². The van der Waals surface area contributed by atoms with Crippen LogP contribution in [0.1, 0.15) is 40.0 Å². The van der Waals surface area contributed by atoms with E-state index in [0.29, 0.717) is 6.61 Å². The largest absolute Gasteiger partial charge is 0.463 e. The molecule has 1 unspecified atom stereocenters.